The topological polar surface area (TPSA) is 52.6 Å². The first-order chi connectivity index (χ1) is 8.58. The van der Waals surface area contributed by atoms with E-state index in [1.165, 1.54) is 6.08 Å². The zero-order valence-corrected chi connectivity index (χ0v) is 10.8. The number of hydrogen-bond acceptors (Lipinski definition) is 4. The molecule has 0 saturated heterocycles. The third-order valence-corrected chi connectivity index (χ3v) is 2.33. The van der Waals surface area contributed by atoms with E-state index in [1.54, 1.807) is 13.8 Å². The minimum Gasteiger partial charge on any atom is -0.465 e. The van der Waals surface area contributed by atoms with Crippen LogP contribution in [0, 0.1) is 17.8 Å². The van der Waals surface area contributed by atoms with Crippen LogP contribution in [0.2, 0.25) is 0 Å². The van der Waals surface area contributed by atoms with Gasteiger partial charge in [-0.25, -0.2) is 0 Å². The van der Waals surface area contributed by atoms with E-state index in [1.807, 2.05) is 0 Å². The van der Waals surface area contributed by atoms with Crippen molar-refractivity contribution in [3.05, 3.63) is 18.4 Å². The summed E-state index contributed by atoms with van der Waals surface area (Å²) in [6, 6.07) is 0. The Balaban J connectivity index is 5.40. The SMILES string of the molecule is C#CCC(CC=C=C)(C(=O)OCC)C(=O)OCC. The van der Waals surface area contributed by atoms with Crippen molar-refractivity contribution in [3.8, 4) is 12.3 Å². The number of rotatable bonds is 7. The van der Waals surface area contributed by atoms with Crippen molar-refractivity contribution in [2.24, 2.45) is 5.41 Å². The Morgan fingerprint density at radius 1 is 1.28 bits per heavy atom. The van der Waals surface area contributed by atoms with Crippen LogP contribution in [0.5, 0.6) is 0 Å². The highest BCUT2D eigenvalue weighted by molar-refractivity contribution is 6.00. The van der Waals surface area contributed by atoms with Crippen LogP contribution in [0.25, 0.3) is 0 Å². The maximum absolute atomic E-state index is 12.0. The highest BCUT2D eigenvalue weighted by Gasteiger charge is 2.47. The quantitative estimate of drug-likeness (QED) is 0.299. The molecule has 0 aromatic rings. The van der Waals surface area contributed by atoms with Gasteiger partial charge in [-0.2, -0.15) is 0 Å². The largest absolute Gasteiger partial charge is 0.465 e. The van der Waals surface area contributed by atoms with Gasteiger partial charge in [-0.3, -0.25) is 9.59 Å². The van der Waals surface area contributed by atoms with Crippen molar-refractivity contribution in [2.45, 2.75) is 26.7 Å². The van der Waals surface area contributed by atoms with Crippen molar-refractivity contribution < 1.29 is 19.1 Å². The second-order valence-corrected chi connectivity index (χ2v) is 3.52. The molecule has 0 atom stereocenters. The minimum absolute atomic E-state index is 0.0678. The molecule has 4 heteroatoms. The van der Waals surface area contributed by atoms with Crippen LogP contribution in [-0.2, 0) is 19.1 Å². The predicted octanol–water partition coefficient (Wildman–Crippen LogP) is 1.85. The molecule has 0 unspecified atom stereocenters. The number of esters is 2. The molecule has 0 saturated carbocycles. The van der Waals surface area contributed by atoms with Gasteiger partial charge in [0.05, 0.1) is 13.2 Å². The van der Waals surface area contributed by atoms with Crippen molar-refractivity contribution in [3.63, 3.8) is 0 Å². The van der Waals surface area contributed by atoms with Gasteiger partial charge in [0.15, 0.2) is 5.41 Å². The highest BCUT2D eigenvalue weighted by atomic mass is 16.6. The first kappa shape index (κ1) is 16.0. The van der Waals surface area contributed by atoms with Crippen LogP contribution in [0.4, 0.5) is 0 Å². The summed E-state index contributed by atoms with van der Waals surface area (Å²) in [6.45, 7) is 7.06. The normalized spacial score (nSPS) is 9.83. The van der Waals surface area contributed by atoms with E-state index in [0.29, 0.717) is 0 Å². The molecule has 0 amide bonds. The fraction of sp³-hybridized carbons (Fsp3) is 0.500. The second-order valence-electron chi connectivity index (χ2n) is 3.52. The predicted molar refractivity (Wildman–Crippen MR) is 67.5 cm³/mol. The third-order valence-electron chi connectivity index (χ3n) is 2.33. The molecule has 0 heterocycles. The van der Waals surface area contributed by atoms with Gasteiger partial charge in [-0.15, -0.1) is 18.1 Å². The van der Waals surface area contributed by atoms with Crippen molar-refractivity contribution >= 4 is 11.9 Å². The van der Waals surface area contributed by atoms with Crippen LogP contribution in [-0.4, -0.2) is 25.2 Å². The zero-order chi connectivity index (χ0) is 14.0. The first-order valence-corrected chi connectivity index (χ1v) is 5.71. The molecular weight excluding hydrogens is 232 g/mol. The first-order valence-electron chi connectivity index (χ1n) is 5.71. The summed E-state index contributed by atoms with van der Waals surface area (Å²) < 4.78 is 9.84. The molecule has 0 N–H and O–H groups in total. The number of ether oxygens (including phenoxy) is 2. The summed E-state index contributed by atoms with van der Waals surface area (Å²) in [5.74, 6) is 0.980. The number of carbonyl (C=O) groups excluding carboxylic acids is 2. The Kier molecular flexibility index (Phi) is 7.26. The van der Waals surface area contributed by atoms with Crippen molar-refractivity contribution in [1.29, 1.82) is 0 Å². The summed E-state index contributed by atoms with van der Waals surface area (Å²) in [5.41, 5.74) is 1.02. The summed E-state index contributed by atoms with van der Waals surface area (Å²) in [4.78, 5) is 24.0. The monoisotopic (exact) mass is 250 g/mol. The van der Waals surface area contributed by atoms with Gasteiger partial charge < -0.3 is 9.47 Å². The summed E-state index contributed by atoms with van der Waals surface area (Å²) in [7, 11) is 0. The number of allylic oxidation sites excluding steroid dienone is 1. The molecule has 0 aliphatic heterocycles. The van der Waals surface area contributed by atoms with E-state index >= 15 is 0 Å². The molecule has 98 valence electrons. The second kappa shape index (κ2) is 8.16. The van der Waals surface area contributed by atoms with Crippen molar-refractivity contribution in [1.82, 2.24) is 0 Å². The van der Waals surface area contributed by atoms with E-state index in [-0.39, 0.29) is 26.1 Å². The van der Waals surface area contributed by atoms with Gasteiger partial charge in [-0.1, -0.05) is 6.58 Å². The molecule has 0 spiro atoms. The standard InChI is InChI=1S/C14H18O4/c1-5-9-11-14(10-6-2,12(15)17-7-3)13(16)18-8-4/h2,9H,1,7-8,10-11H2,3-4H3. The molecule has 0 aromatic heterocycles. The van der Waals surface area contributed by atoms with Crippen LogP contribution in [0.15, 0.2) is 18.4 Å². The Bertz CT molecular complexity index is 365. The lowest BCUT2D eigenvalue weighted by atomic mass is 9.81. The number of hydrogen-bond donors (Lipinski definition) is 0. The van der Waals surface area contributed by atoms with Gasteiger partial charge in [-0.05, 0) is 19.9 Å². The van der Waals surface area contributed by atoms with E-state index in [2.05, 4.69) is 18.2 Å². The Morgan fingerprint density at radius 3 is 2.11 bits per heavy atom. The van der Waals surface area contributed by atoms with Gasteiger partial charge >= 0.3 is 11.9 Å². The molecule has 0 bridgehead atoms. The third kappa shape index (κ3) is 3.80. The van der Waals surface area contributed by atoms with E-state index in [9.17, 15) is 9.59 Å². The smallest absolute Gasteiger partial charge is 0.324 e. The van der Waals surface area contributed by atoms with Crippen molar-refractivity contribution in [2.75, 3.05) is 13.2 Å². The highest BCUT2D eigenvalue weighted by Crippen LogP contribution is 2.30. The van der Waals surface area contributed by atoms with Crippen LogP contribution in [0.3, 0.4) is 0 Å². The molecule has 18 heavy (non-hydrogen) atoms. The van der Waals surface area contributed by atoms with Gasteiger partial charge in [0, 0.05) is 12.8 Å². The minimum atomic E-state index is -1.49. The molecule has 0 aliphatic rings. The summed E-state index contributed by atoms with van der Waals surface area (Å²) in [6.07, 6.45) is 6.70. The molecule has 0 aliphatic carbocycles. The lowest BCUT2D eigenvalue weighted by Gasteiger charge is -2.25. The number of carbonyl (C=O) groups is 2. The van der Waals surface area contributed by atoms with E-state index < -0.39 is 17.4 Å². The van der Waals surface area contributed by atoms with Crippen LogP contribution in [0.1, 0.15) is 26.7 Å². The van der Waals surface area contributed by atoms with Crippen LogP contribution < -0.4 is 0 Å². The van der Waals surface area contributed by atoms with E-state index in [4.69, 9.17) is 15.9 Å². The average molecular weight is 250 g/mol. The fourth-order valence-corrected chi connectivity index (χ4v) is 1.43. The maximum atomic E-state index is 12.0. The fourth-order valence-electron chi connectivity index (χ4n) is 1.43. The molecular formula is C14H18O4. The number of terminal acetylenes is 1. The molecule has 0 aromatic carbocycles. The summed E-state index contributed by atoms with van der Waals surface area (Å²) in [5, 5.41) is 0. The average Bonchev–Trinajstić information content (AvgIpc) is 2.35. The lowest BCUT2D eigenvalue weighted by Crippen LogP contribution is -2.41. The summed E-state index contributed by atoms with van der Waals surface area (Å²) >= 11 is 0. The lowest BCUT2D eigenvalue weighted by molar-refractivity contribution is -0.171. The molecule has 0 radical (unpaired) electrons. The Hall–Kier alpha value is -1.98. The van der Waals surface area contributed by atoms with E-state index in [0.717, 1.165) is 0 Å². The van der Waals surface area contributed by atoms with Gasteiger partial charge in [0.1, 0.15) is 0 Å². The zero-order valence-electron chi connectivity index (χ0n) is 10.8. The Labute approximate surface area is 108 Å². The molecule has 0 fully saturated rings. The van der Waals surface area contributed by atoms with Crippen LogP contribution >= 0.6 is 0 Å². The Morgan fingerprint density at radius 2 is 1.78 bits per heavy atom. The van der Waals surface area contributed by atoms with Gasteiger partial charge in [0.25, 0.3) is 0 Å². The van der Waals surface area contributed by atoms with Gasteiger partial charge in [0.2, 0.25) is 0 Å². The molecule has 0 rings (SSSR count). The molecule has 4 nitrogen and oxygen atoms in total. The maximum Gasteiger partial charge on any atom is 0.324 e.